The molecule has 0 saturated carbocycles. The minimum atomic E-state index is -0.338. The van der Waals surface area contributed by atoms with Crippen molar-refractivity contribution in [3.05, 3.63) is 49.8 Å². The van der Waals surface area contributed by atoms with Crippen LogP contribution in [0.5, 0.6) is 0 Å². The van der Waals surface area contributed by atoms with Gasteiger partial charge in [0.2, 0.25) is 0 Å². The molecule has 0 fully saturated rings. The van der Waals surface area contributed by atoms with Crippen LogP contribution in [0.3, 0.4) is 0 Å². The topological polar surface area (TPSA) is 61.4 Å². The number of halogens is 2. The molecular weight excluding hydrogens is 405 g/mol. The van der Waals surface area contributed by atoms with Gasteiger partial charge in [-0.1, -0.05) is 29.6 Å². The van der Waals surface area contributed by atoms with E-state index in [0.29, 0.717) is 26.2 Å². The fraction of sp³-hybridized carbons (Fsp3) is 0.368. The van der Waals surface area contributed by atoms with Gasteiger partial charge in [0.15, 0.2) is 0 Å². The zero-order chi connectivity index (χ0) is 19.6. The van der Waals surface area contributed by atoms with Crippen molar-refractivity contribution in [2.24, 2.45) is 0 Å². The quantitative estimate of drug-likeness (QED) is 0.546. The molecule has 1 heterocycles. The summed E-state index contributed by atoms with van der Waals surface area (Å²) in [6.07, 6.45) is 5.07. The number of aryl methyl sites for hydroxylation is 1. The minimum Gasteiger partial charge on any atom is -0.313 e. The average Bonchev–Trinajstić information content (AvgIpc) is 2.74. The highest BCUT2D eigenvalue weighted by atomic mass is 35.5. The number of rotatable bonds is 4. The molecule has 0 spiro atoms. The van der Waals surface area contributed by atoms with Crippen LogP contribution in [0.1, 0.15) is 50.4 Å². The third-order valence-electron chi connectivity index (χ3n) is 4.33. The average molecular weight is 426 g/mol. The molecule has 1 aliphatic carbocycles. The Morgan fingerprint density at radius 2 is 1.67 bits per heavy atom. The molecule has 2 amide bonds. The molecule has 0 saturated heterocycles. The Hall–Kier alpha value is -1.60. The Morgan fingerprint density at radius 1 is 1.00 bits per heavy atom. The molecule has 1 aliphatic rings. The molecule has 2 aromatic rings. The monoisotopic (exact) mass is 425 g/mol. The number of fused-ring (bicyclic) bond motifs is 1. The lowest BCUT2D eigenvalue weighted by Crippen LogP contribution is -2.36. The maximum absolute atomic E-state index is 12.8. The van der Waals surface area contributed by atoms with Crippen molar-refractivity contribution in [2.45, 2.75) is 32.1 Å². The van der Waals surface area contributed by atoms with E-state index >= 15 is 0 Å². The fourth-order valence-corrected chi connectivity index (χ4v) is 5.00. The van der Waals surface area contributed by atoms with Crippen LogP contribution in [0.4, 0.5) is 5.00 Å². The van der Waals surface area contributed by atoms with E-state index in [9.17, 15) is 9.59 Å². The number of hydrogen-bond acceptors (Lipinski definition) is 4. The minimum absolute atomic E-state index is 0.209. The molecule has 5 nitrogen and oxygen atoms in total. The van der Waals surface area contributed by atoms with Crippen LogP contribution < -0.4 is 10.7 Å². The normalized spacial score (nSPS) is 13.8. The van der Waals surface area contributed by atoms with Crippen molar-refractivity contribution in [3.63, 3.8) is 0 Å². The molecular formula is C19H21Cl2N3O2S. The standard InChI is InChI=1S/C19H21Cl2N3O2S/c1-24(2)23-18(26)16-14-6-4-3-5-7-15(14)27-19(16)22-17(25)11-8-12(20)10-13(21)9-11/h8-10H,3-7H2,1-2H3,(H,22,25)(H,23,26). The Kier molecular flexibility index (Phi) is 6.42. The van der Waals surface area contributed by atoms with Gasteiger partial charge in [0.05, 0.1) is 5.56 Å². The van der Waals surface area contributed by atoms with Crippen LogP contribution >= 0.6 is 34.5 Å². The first-order valence-corrected chi connectivity index (χ1v) is 10.3. The van der Waals surface area contributed by atoms with Crippen LogP contribution in [0.2, 0.25) is 10.0 Å². The number of carbonyl (C=O) groups excluding carboxylic acids is 2. The second-order valence-electron chi connectivity index (χ2n) is 6.72. The highest BCUT2D eigenvalue weighted by molar-refractivity contribution is 7.17. The van der Waals surface area contributed by atoms with Gasteiger partial charge in [-0.2, -0.15) is 0 Å². The SMILES string of the molecule is CN(C)NC(=O)c1c(NC(=O)c2cc(Cl)cc(Cl)c2)sc2c1CCCCC2. The predicted octanol–water partition coefficient (Wildman–Crippen LogP) is 4.78. The molecule has 0 atom stereocenters. The summed E-state index contributed by atoms with van der Waals surface area (Å²) in [5, 5.41) is 5.85. The summed E-state index contributed by atoms with van der Waals surface area (Å²) in [7, 11) is 3.52. The Balaban J connectivity index is 1.96. The number of nitrogens with zero attached hydrogens (tertiary/aromatic N) is 1. The van der Waals surface area contributed by atoms with Gasteiger partial charge in [-0.3, -0.25) is 15.0 Å². The first kappa shape index (κ1) is 20.1. The number of nitrogens with one attached hydrogen (secondary N) is 2. The molecule has 8 heteroatoms. The van der Waals surface area contributed by atoms with Crippen LogP contribution in [0.25, 0.3) is 0 Å². The lowest BCUT2D eigenvalue weighted by molar-refractivity contribution is 0.0857. The van der Waals surface area contributed by atoms with Crippen LogP contribution in [-0.2, 0) is 12.8 Å². The van der Waals surface area contributed by atoms with Gasteiger partial charge in [-0.05, 0) is 49.4 Å². The van der Waals surface area contributed by atoms with Crippen molar-refractivity contribution in [1.82, 2.24) is 10.4 Å². The lowest BCUT2D eigenvalue weighted by atomic mass is 10.0. The van der Waals surface area contributed by atoms with Crippen molar-refractivity contribution < 1.29 is 9.59 Å². The summed E-state index contributed by atoms with van der Waals surface area (Å²) in [4.78, 5) is 26.7. The van der Waals surface area contributed by atoms with E-state index in [0.717, 1.165) is 37.7 Å². The fourth-order valence-electron chi connectivity index (χ4n) is 3.19. The van der Waals surface area contributed by atoms with Crippen LogP contribution in [-0.4, -0.2) is 30.9 Å². The molecule has 1 aromatic carbocycles. The van der Waals surface area contributed by atoms with Gasteiger partial charge >= 0.3 is 0 Å². The second kappa shape index (κ2) is 8.61. The van der Waals surface area contributed by atoms with E-state index in [2.05, 4.69) is 10.7 Å². The summed E-state index contributed by atoms with van der Waals surface area (Å²) in [5.74, 6) is -0.548. The zero-order valence-corrected chi connectivity index (χ0v) is 17.5. The van der Waals surface area contributed by atoms with E-state index in [-0.39, 0.29) is 11.8 Å². The molecule has 2 N–H and O–H groups in total. The van der Waals surface area contributed by atoms with Crippen molar-refractivity contribution in [1.29, 1.82) is 0 Å². The van der Waals surface area contributed by atoms with Crippen molar-refractivity contribution in [2.75, 3.05) is 19.4 Å². The lowest BCUT2D eigenvalue weighted by Gasteiger charge is -2.14. The van der Waals surface area contributed by atoms with Gasteiger partial charge in [0, 0.05) is 34.6 Å². The van der Waals surface area contributed by atoms with E-state index in [1.165, 1.54) is 16.2 Å². The highest BCUT2D eigenvalue weighted by Crippen LogP contribution is 2.38. The second-order valence-corrected chi connectivity index (χ2v) is 8.69. The zero-order valence-electron chi connectivity index (χ0n) is 15.2. The number of anilines is 1. The molecule has 144 valence electrons. The molecule has 0 radical (unpaired) electrons. The first-order chi connectivity index (χ1) is 12.8. The third kappa shape index (κ3) is 4.82. The number of carbonyl (C=O) groups is 2. The van der Waals surface area contributed by atoms with E-state index in [1.54, 1.807) is 37.3 Å². The van der Waals surface area contributed by atoms with Crippen LogP contribution in [0, 0.1) is 0 Å². The van der Waals surface area contributed by atoms with Gasteiger partial charge in [-0.25, -0.2) is 5.01 Å². The third-order valence-corrected chi connectivity index (χ3v) is 5.97. The summed E-state index contributed by atoms with van der Waals surface area (Å²) < 4.78 is 0. The smallest absolute Gasteiger partial charge is 0.268 e. The number of amides is 2. The van der Waals surface area contributed by atoms with E-state index in [4.69, 9.17) is 23.2 Å². The maximum Gasteiger partial charge on any atom is 0.268 e. The number of thiophene rings is 1. The Morgan fingerprint density at radius 3 is 2.33 bits per heavy atom. The van der Waals surface area contributed by atoms with Gasteiger partial charge in [0.1, 0.15) is 5.00 Å². The Labute approximate surface area is 172 Å². The molecule has 3 rings (SSSR count). The van der Waals surface area contributed by atoms with Crippen molar-refractivity contribution in [3.8, 4) is 0 Å². The van der Waals surface area contributed by atoms with Gasteiger partial charge in [0.25, 0.3) is 11.8 Å². The van der Waals surface area contributed by atoms with Gasteiger partial charge in [-0.15, -0.1) is 11.3 Å². The summed E-state index contributed by atoms with van der Waals surface area (Å²) in [6.45, 7) is 0. The largest absolute Gasteiger partial charge is 0.313 e. The molecule has 0 bridgehead atoms. The number of hydrazine groups is 1. The van der Waals surface area contributed by atoms with Crippen molar-refractivity contribution >= 4 is 51.4 Å². The first-order valence-electron chi connectivity index (χ1n) is 8.75. The Bertz CT molecular complexity index is 860. The number of benzene rings is 1. The van der Waals surface area contributed by atoms with Crippen LogP contribution in [0.15, 0.2) is 18.2 Å². The summed E-state index contributed by atoms with van der Waals surface area (Å²) in [6, 6.07) is 4.69. The molecule has 0 aliphatic heterocycles. The highest BCUT2D eigenvalue weighted by Gasteiger charge is 2.26. The molecule has 1 aromatic heterocycles. The maximum atomic E-state index is 12.8. The van der Waals surface area contributed by atoms with E-state index < -0.39 is 0 Å². The molecule has 0 unspecified atom stereocenters. The predicted molar refractivity (Wildman–Crippen MR) is 111 cm³/mol. The number of hydrogen-bond donors (Lipinski definition) is 2. The van der Waals surface area contributed by atoms with E-state index in [1.807, 2.05) is 0 Å². The molecule has 27 heavy (non-hydrogen) atoms. The van der Waals surface area contributed by atoms with Gasteiger partial charge < -0.3 is 5.32 Å². The summed E-state index contributed by atoms with van der Waals surface area (Å²) >= 11 is 13.5. The summed E-state index contributed by atoms with van der Waals surface area (Å²) in [5.41, 5.74) is 4.77.